The van der Waals surface area contributed by atoms with Gasteiger partial charge in [-0.2, -0.15) is 0 Å². The van der Waals surface area contributed by atoms with Gasteiger partial charge < -0.3 is 0 Å². The van der Waals surface area contributed by atoms with Crippen molar-refractivity contribution < 1.29 is 5.32 Å². The maximum absolute atomic E-state index is 5.68. The molecule has 4 N–H and O–H groups in total. The molecule has 0 radical (unpaired) electrons. The summed E-state index contributed by atoms with van der Waals surface area (Å²) in [6.07, 6.45) is 4.13. The molecule has 1 aliphatic rings. The summed E-state index contributed by atoms with van der Waals surface area (Å²) in [5.74, 6) is 0. The van der Waals surface area contributed by atoms with E-state index in [-0.39, 0.29) is 5.50 Å². The van der Waals surface area contributed by atoms with E-state index in [0.717, 1.165) is 0 Å². The maximum Gasteiger partial charge on any atom is 0.194 e. The lowest BCUT2D eigenvalue weighted by Gasteiger charge is -1.95. The molecule has 0 bridgehead atoms. The fourth-order valence-corrected chi connectivity index (χ4v) is 1.85. The minimum atomic E-state index is 0.172. The molecule has 0 saturated heterocycles. The SMILES string of the molecule is CC=CC1=C(C)SC(N)[NH2+]1. The summed E-state index contributed by atoms with van der Waals surface area (Å²) in [5.41, 5.74) is 7.13. The first-order valence-electron chi connectivity index (χ1n) is 3.34. The minimum Gasteiger partial charge on any atom is -0.289 e. The summed E-state index contributed by atoms with van der Waals surface area (Å²) in [6.45, 7) is 4.12. The molecular formula is C7H13N2S+. The Bertz CT molecular complexity index is 184. The van der Waals surface area contributed by atoms with Gasteiger partial charge in [0.05, 0.1) is 0 Å². The van der Waals surface area contributed by atoms with Crippen molar-refractivity contribution in [2.24, 2.45) is 5.73 Å². The van der Waals surface area contributed by atoms with Crippen molar-refractivity contribution in [3.05, 3.63) is 22.8 Å². The number of hydrogen-bond donors (Lipinski definition) is 2. The molecule has 1 atom stereocenters. The highest BCUT2D eigenvalue weighted by Gasteiger charge is 2.20. The molecule has 1 heterocycles. The van der Waals surface area contributed by atoms with Crippen molar-refractivity contribution in [3.8, 4) is 0 Å². The Morgan fingerprint density at radius 2 is 2.40 bits per heavy atom. The van der Waals surface area contributed by atoms with Gasteiger partial charge in [-0.3, -0.25) is 11.1 Å². The van der Waals surface area contributed by atoms with Gasteiger partial charge in [-0.15, -0.1) is 0 Å². The molecule has 0 saturated carbocycles. The van der Waals surface area contributed by atoms with Crippen molar-refractivity contribution in [1.82, 2.24) is 0 Å². The van der Waals surface area contributed by atoms with Crippen LogP contribution in [0.1, 0.15) is 13.8 Å². The molecule has 0 aliphatic carbocycles. The topological polar surface area (TPSA) is 42.6 Å². The van der Waals surface area contributed by atoms with Gasteiger partial charge in [0, 0.05) is 4.91 Å². The number of hydrogen-bond acceptors (Lipinski definition) is 2. The number of rotatable bonds is 1. The Morgan fingerprint density at radius 3 is 2.80 bits per heavy atom. The van der Waals surface area contributed by atoms with Crippen LogP contribution in [0.4, 0.5) is 0 Å². The standard InChI is InChI=1S/C7H12N2S/c1-3-4-6-5(2)10-7(8)9-6/h3-4,7,9H,8H2,1-2H3/p+1. The molecule has 0 aromatic heterocycles. The fraction of sp³-hybridized carbons (Fsp3) is 0.429. The van der Waals surface area contributed by atoms with Gasteiger partial charge in [-0.25, -0.2) is 0 Å². The number of nitrogens with two attached hydrogens (primary N) is 2. The van der Waals surface area contributed by atoms with E-state index in [1.807, 2.05) is 13.0 Å². The zero-order chi connectivity index (χ0) is 7.56. The highest BCUT2D eigenvalue weighted by molar-refractivity contribution is 8.03. The lowest BCUT2D eigenvalue weighted by Crippen LogP contribution is -2.87. The third-order valence-electron chi connectivity index (χ3n) is 1.41. The molecule has 1 rings (SSSR count). The molecule has 0 aromatic carbocycles. The summed E-state index contributed by atoms with van der Waals surface area (Å²) >= 11 is 1.72. The van der Waals surface area contributed by atoms with E-state index < -0.39 is 0 Å². The highest BCUT2D eigenvalue weighted by atomic mass is 32.2. The van der Waals surface area contributed by atoms with Crippen LogP contribution in [0.3, 0.4) is 0 Å². The van der Waals surface area contributed by atoms with E-state index in [1.165, 1.54) is 10.6 Å². The van der Waals surface area contributed by atoms with Crippen molar-refractivity contribution in [2.45, 2.75) is 19.3 Å². The normalized spacial score (nSPS) is 26.9. The van der Waals surface area contributed by atoms with E-state index >= 15 is 0 Å². The molecule has 0 spiro atoms. The lowest BCUT2D eigenvalue weighted by molar-refractivity contribution is -0.611. The van der Waals surface area contributed by atoms with Gasteiger partial charge in [0.2, 0.25) is 0 Å². The second kappa shape index (κ2) is 3.23. The number of quaternary nitrogens is 1. The van der Waals surface area contributed by atoms with Gasteiger partial charge in [0.1, 0.15) is 5.70 Å². The summed E-state index contributed by atoms with van der Waals surface area (Å²) in [4.78, 5) is 1.32. The predicted octanol–water partition coefficient (Wildman–Crippen LogP) is 0.347. The number of allylic oxidation sites excluding steroid dienone is 3. The van der Waals surface area contributed by atoms with Gasteiger partial charge >= 0.3 is 0 Å². The van der Waals surface area contributed by atoms with E-state index in [0.29, 0.717) is 0 Å². The first kappa shape index (κ1) is 7.85. The predicted molar refractivity (Wildman–Crippen MR) is 45.0 cm³/mol. The minimum absolute atomic E-state index is 0.172. The van der Waals surface area contributed by atoms with E-state index in [1.54, 1.807) is 11.8 Å². The molecule has 56 valence electrons. The average molecular weight is 157 g/mol. The Balaban J connectivity index is 2.66. The Morgan fingerprint density at radius 1 is 1.70 bits per heavy atom. The van der Waals surface area contributed by atoms with E-state index in [9.17, 15) is 0 Å². The highest BCUT2D eigenvalue weighted by Crippen LogP contribution is 2.21. The third-order valence-corrected chi connectivity index (χ3v) is 2.41. The monoisotopic (exact) mass is 157 g/mol. The van der Waals surface area contributed by atoms with E-state index in [2.05, 4.69) is 18.3 Å². The van der Waals surface area contributed by atoms with Crippen LogP contribution in [0.25, 0.3) is 0 Å². The summed E-state index contributed by atoms with van der Waals surface area (Å²) in [7, 11) is 0. The van der Waals surface area contributed by atoms with Crippen molar-refractivity contribution in [3.63, 3.8) is 0 Å². The molecule has 0 amide bonds. The van der Waals surface area contributed by atoms with Crippen LogP contribution in [-0.4, -0.2) is 5.50 Å². The molecule has 0 fully saturated rings. The molecular weight excluding hydrogens is 144 g/mol. The lowest BCUT2D eigenvalue weighted by atomic mass is 10.4. The van der Waals surface area contributed by atoms with Gasteiger partial charge in [0.25, 0.3) is 0 Å². The van der Waals surface area contributed by atoms with Crippen LogP contribution in [-0.2, 0) is 0 Å². The summed E-state index contributed by atoms with van der Waals surface area (Å²) in [6, 6.07) is 0. The molecule has 0 aromatic rings. The van der Waals surface area contributed by atoms with E-state index in [4.69, 9.17) is 5.73 Å². The molecule has 1 unspecified atom stereocenters. The first-order chi connectivity index (χ1) is 4.74. The third kappa shape index (κ3) is 1.62. The molecule has 10 heavy (non-hydrogen) atoms. The number of thioether (sulfide) groups is 1. The Labute approximate surface area is 65.6 Å². The second-order valence-electron chi connectivity index (χ2n) is 2.26. The zero-order valence-corrected chi connectivity index (χ0v) is 7.11. The fourth-order valence-electron chi connectivity index (χ4n) is 0.953. The zero-order valence-electron chi connectivity index (χ0n) is 6.29. The molecule has 3 heteroatoms. The summed E-state index contributed by atoms with van der Waals surface area (Å²) < 4.78 is 0. The van der Waals surface area contributed by atoms with Crippen LogP contribution >= 0.6 is 11.8 Å². The van der Waals surface area contributed by atoms with Crippen molar-refractivity contribution >= 4 is 11.8 Å². The quantitative estimate of drug-likeness (QED) is 0.576. The second-order valence-corrected chi connectivity index (χ2v) is 3.65. The van der Waals surface area contributed by atoms with Crippen LogP contribution in [0.5, 0.6) is 0 Å². The maximum atomic E-state index is 5.68. The van der Waals surface area contributed by atoms with Crippen molar-refractivity contribution in [1.29, 1.82) is 0 Å². The Hall–Kier alpha value is -0.250. The first-order valence-corrected chi connectivity index (χ1v) is 4.22. The van der Waals surface area contributed by atoms with Crippen LogP contribution < -0.4 is 11.1 Å². The summed E-state index contributed by atoms with van der Waals surface area (Å²) in [5, 5.41) is 2.08. The van der Waals surface area contributed by atoms with Gasteiger partial charge in [0.15, 0.2) is 5.50 Å². The van der Waals surface area contributed by atoms with Crippen LogP contribution in [0, 0.1) is 0 Å². The average Bonchev–Trinajstić information content (AvgIpc) is 2.13. The smallest absolute Gasteiger partial charge is 0.194 e. The van der Waals surface area contributed by atoms with Crippen molar-refractivity contribution in [2.75, 3.05) is 0 Å². The molecule has 2 nitrogen and oxygen atoms in total. The largest absolute Gasteiger partial charge is 0.289 e. The van der Waals surface area contributed by atoms with Crippen LogP contribution in [0.15, 0.2) is 22.8 Å². The Kier molecular flexibility index (Phi) is 2.54. The van der Waals surface area contributed by atoms with Gasteiger partial charge in [-0.1, -0.05) is 6.08 Å². The molecule has 1 aliphatic heterocycles. The van der Waals surface area contributed by atoms with Gasteiger partial charge in [-0.05, 0) is 31.7 Å². The van der Waals surface area contributed by atoms with Crippen LogP contribution in [0.2, 0.25) is 0 Å².